The van der Waals surface area contributed by atoms with Gasteiger partial charge in [0.25, 0.3) is 0 Å². The molecule has 0 saturated carbocycles. The molecule has 5 nitrogen and oxygen atoms in total. The Morgan fingerprint density at radius 3 is 2.22 bits per heavy atom. The Labute approximate surface area is 162 Å². The Bertz CT molecular complexity index is 886. The summed E-state index contributed by atoms with van der Waals surface area (Å²) in [6.07, 6.45) is 0.984. The molecule has 0 fully saturated rings. The smallest absolute Gasteiger partial charge is 0.243 e. The van der Waals surface area contributed by atoms with Crippen molar-refractivity contribution in [3.63, 3.8) is 0 Å². The number of hydrogen-bond acceptors (Lipinski definition) is 3. The highest BCUT2D eigenvalue weighted by atomic mass is 32.2. The fraction of sp³-hybridized carbons (Fsp3) is 0.381. The van der Waals surface area contributed by atoms with E-state index in [0.29, 0.717) is 37.2 Å². The molecule has 27 heavy (non-hydrogen) atoms. The van der Waals surface area contributed by atoms with Crippen molar-refractivity contribution in [1.29, 1.82) is 0 Å². The molecule has 2 aromatic carbocycles. The molecular formula is C21H28N2O3S. The van der Waals surface area contributed by atoms with Crippen LogP contribution in [0.3, 0.4) is 0 Å². The highest BCUT2D eigenvalue weighted by Crippen LogP contribution is 2.23. The molecule has 2 aromatic rings. The van der Waals surface area contributed by atoms with Gasteiger partial charge in [0.15, 0.2) is 0 Å². The maximum absolute atomic E-state index is 12.8. The molecule has 0 aliphatic carbocycles. The van der Waals surface area contributed by atoms with Gasteiger partial charge in [-0.1, -0.05) is 49.7 Å². The molecule has 0 aliphatic heterocycles. The van der Waals surface area contributed by atoms with Crippen LogP contribution in [0.4, 0.5) is 5.69 Å². The lowest BCUT2D eigenvalue weighted by Gasteiger charge is -2.20. The summed E-state index contributed by atoms with van der Waals surface area (Å²) in [7, 11) is -3.57. The van der Waals surface area contributed by atoms with Gasteiger partial charge in [0.2, 0.25) is 15.9 Å². The molecule has 6 heteroatoms. The number of hydrogen-bond donors (Lipinski definition) is 1. The van der Waals surface area contributed by atoms with E-state index < -0.39 is 10.0 Å². The number of carbonyl (C=O) groups excluding carboxylic acids is 1. The van der Waals surface area contributed by atoms with Crippen LogP contribution in [0.1, 0.15) is 37.0 Å². The molecule has 0 aliphatic rings. The maximum Gasteiger partial charge on any atom is 0.243 e. The Hall–Kier alpha value is -2.18. The average molecular weight is 389 g/mol. The second-order valence-electron chi connectivity index (χ2n) is 6.60. The first-order valence-corrected chi connectivity index (χ1v) is 10.7. The van der Waals surface area contributed by atoms with Gasteiger partial charge in [0.05, 0.1) is 4.90 Å². The number of rotatable bonds is 8. The first-order chi connectivity index (χ1) is 12.8. The minimum Gasteiger partial charge on any atom is -0.326 e. The Kier molecular flexibility index (Phi) is 7.16. The van der Waals surface area contributed by atoms with Gasteiger partial charge in [-0.05, 0) is 43.5 Å². The minimum atomic E-state index is -3.57. The molecule has 0 bridgehead atoms. The summed E-state index contributed by atoms with van der Waals surface area (Å²) in [5, 5.41) is 2.82. The molecule has 2 rings (SSSR count). The van der Waals surface area contributed by atoms with Crippen molar-refractivity contribution >= 4 is 21.6 Å². The van der Waals surface area contributed by atoms with E-state index in [2.05, 4.69) is 5.32 Å². The number of nitrogens with one attached hydrogen (secondary N) is 1. The van der Waals surface area contributed by atoms with Crippen molar-refractivity contribution < 1.29 is 13.2 Å². The Morgan fingerprint density at radius 2 is 1.63 bits per heavy atom. The van der Waals surface area contributed by atoms with Crippen molar-refractivity contribution in [2.75, 3.05) is 18.4 Å². The van der Waals surface area contributed by atoms with Crippen LogP contribution >= 0.6 is 0 Å². The first kappa shape index (κ1) is 21.1. The maximum atomic E-state index is 12.8. The molecule has 0 radical (unpaired) electrons. The zero-order valence-electron chi connectivity index (χ0n) is 16.5. The van der Waals surface area contributed by atoms with Crippen LogP contribution in [0.5, 0.6) is 0 Å². The topological polar surface area (TPSA) is 66.5 Å². The summed E-state index contributed by atoms with van der Waals surface area (Å²) in [6.45, 7) is 8.23. The zero-order valence-corrected chi connectivity index (χ0v) is 17.3. The van der Waals surface area contributed by atoms with Gasteiger partial charge < -0.3 is 5.32 Å². The molecule has 0 saturated heterocycles. The van der Waals surface area contributed by atoms with Crippen molar-refractivity contribution in [2.45, 2.75) is 45.4 Å². The number of nitrogens with zero attached hydrogens (tertiary/aromatic N) is 1. The monoisotopic (exact) mass is 388 g/mol. The molecule has 0 aromatic heterocycles. The lowest BCUT2D eigenvalue weighted by molar-refractivity contribution is -0.116. The van der Waals surface area contributed by atoms with Crippen LogP contribution in [0, 0.1) is 13.8 Å². The highest BCUT2D eigenvalue weighted by Gasteiger charge is 2.24. The van der Waals surface area contributed by atoms with Gasteiger partial charge in [-0.15, -0.1) is 0 Å². The normalized spacial score (nSPS) is 11.6. The lowest BCUT2D eigenvalue weighted by atomic mass is 10.1. The summed E-state index contributed by atoms with van der Waals surface area (Å²) < 4.78 is 27.0. The summed E-state index contributed by atoms with van der Waals surface area (Å²) >= 11 is 0. The van der Waals surface area contributed by atoms with Gasteiger partial charge >= 0.3 is 0 Å². The summed E-state index contributed by atoms with van der Waals surface area (Å²) in [4.78, 5) is 12.5. The molecule has 1 N–H and O–H groups in total. The van der Waals surface area contributed by atoms with E-state index in [1.54, 1.807) is 25.1 Å². The minimum absolute atomic E-state index is 0.134. The summed E-state index contributed by atoms with van der Waals surface area (Å²) in [6, 6.07) is 13.1. The van der Waals surface area contributed by atoms with Crippen molar-refractivity contribution in [3.05, 3.63) is 59.2 Å². The second-order valence-corrected chi connectivity index (χ2v) is 8.51. The van der Waals surface area contributed by atoms with Crippen LogP contribution in [0.2, 0.25) is 0 Å². The third-order valence-corrected chi connectivity index (χ3v) is 6.75. The van der Waals surface area contributed by atoms with E-state index in [1.807, 2.05) is 45.0 Å². The quantitative estimate of drug-likeness (QED) is 0.746. The fourth-order valence-electron chi connectivity index (χ4n) is 2.89. The van der Waals surface area contributed by atoms with Crippen molar-refractivity contribution in [2.24, 2.45) is 0 Å². The van der Waals surface area contributed by atoms with E-state index in [0.717, 1.165) is 5.56 Å². The predicted octanol–water partition coefficient (Wildman–Crippen LogP) is 3.91. The number of anilines is 1. The first-order valence-electron chi connectivity index (χ1n) is 9.24. The Morgan fingerprint density at radius 1 is 1.00 bits per heavy atom. The molecule has 0 unspecified atom stereocenters. The highest BCUT2D eigenvalue weighted by molar-refractivity contribution is 7.89. The molecule has 1 amide bonds. The average Bonchev–Trinajstić information content (AvgIpc) is 2.63. The van der Waals surface area contributed by atoms with Crippen LogP contribution in [-0.2, 0) is 21.2 Å². The van der Waals surface area contributed by atoms with E-state index in [-0.39, 0.29) is 10.8 Å². The summed E-state index contributed by atoms with van der Waals surface area (Å²) in [5.74, 6) is -0.134. The number of carbonyl (C=O) groups is 1. The van der Waals surface area contributed by atoms with Gasteiger partial charge in [0, 0.05) is 25.2 Å². The SMILES string of the molecule is CCN(CC)S(=O)(=O)c1cc(NC(=O)CCc2ccc(C)cc2)ccc1C. The van der Waals surface area contributed by atoms with Crippen LogP contribution in [0.15, 0.2) is 47.4 Å². The number of benzene rings is 2. The predicted molar refractivity (Wildman–Crippen MR) is 109 cm³/mol. The zero-order chi connectivity index (χ0) is 20.0. The van der Waals surface area contributed by atoms with Crippen LogP contribution < -0.4 is 5.32 Å². The van der Waals surface area contributed by atoms with E-state index in [4.69, 9.17) is 0 Å². The molecule has 0 heterocycles. The van der Waals surface area contributed by atoms with Crippen molar-refractivity contribution in [3.8, 4) is 0 Å². The van der Waals surface area contributed by atoms with E-state index in [1.165, 1.54) is 9.87 Å². The van der Waals surface area contributed by atoms with E-state index in [9.17, 15) is 13.2 Å². The third kappa shape index (κ3) is 5.40. The lowest BCUT2D eigenvalue weighted by Crippen LogP contribution is -2.31. The largest absolute Gasteiger partial charge is 0.326 e. The van der Waals surface area contributed by atoms with Gasteiger partial charge in [-0.3, -0.25) is 4.79 Å². The van der Waals surface area contributed by atoms with Crippen LogP contribution in [-0.4, -0.2) is 31.7 Å². The third-order valence-electron chi connectivity index (χ3n) is 4.56. The number of sulfonamides is 1. The van der Waals surface area contributed by atoms with E-state index >= 15 is 0 Å². The molecular weight excluding hydrogens is 360 g/mol. The summed E-state index contributed by atoms with van der Waals surface area (Å²) in [5.41, 5.74) is 3.45. The molecule has 0 atom stereocenters. The van der Waals surface area contributed by atoms with Gasteiger partial charge in [-0.25, -0.2) is 8.42 Å². The number of aryl methyl sites for hydroxylation is 3. The van der Waals surface area contributed by atoms with Gasteiger partial charge in [0.1, 0.15) is 0 Å². The molecule has 146 valence electrons. The van der Waals surface area contributed by atoms with Crippen LogP contribution in [0.25, 0.3) is 0 Å². The van der Waals surface area contributed by atoms with Crippen molar-refractivity contribution in [1.82, 2.24) is 4.31 Å². The van der Waals surface area contributed by atoms with Gasteiger partial charge in [-0.2, -0.15) is 4.31 Å². The molecule has 0 spiro atoms. The second kappa shape index (κ2) is 9.15. The number of amides is 1. The Balaban J connectivity index is 2.11. The fourth-order valence-corrected chi connectivity index (χ4v) is 4.60. The standard InChI is InChI=1S/C21H28N2O3S/c1-5-23(6-2)27(25,26)20-15-19(13-9-17(20)4)22-21(24)14-12-18-10-7-16(3)8-11-18/h7-11,13,15H,5-6,12,14H2,1-4H3,(H,22,24).